The molecule has 0 aliphatic carbocycles. The van der Waals surface area contributed by atoms with Crippen molar-refractivity contribution in [3.05, 3.63) is 76.6 Å². The van der Waals surface area contributed by atoms with Crippen molar-refractivity contribution in [1.82, 2.24) is 9.97 Å². The number of hydrogen-bond donors (Lipinski definition) is 2. The molecule has 0 aliphatic heterocycles. The first-order chi connectivity index (χ1) is 11.6. The first-order valence-electron chi connectivity index (χ1n) is 7.77. The number of anilines is 3. The molecule has 3 aromatic rings. The van der Waals surface area contributed by atoms with Crippen LogP contribution in [0.5, 0.6) is 0 Å². The molecule has 0 atom stereocenters. The van der Waals surface area contributed by atoms with Gasteiger partial charge >= 0.3 is 0 Å². The summed E-state index contributed by atoms with van der Waals surface area (Å²) in [6, 6.07) is 17.8. The Bertz CT molecular complexity index is 848. The Morgan fingerprint density at radius 1 is 0.917 bits per heavy atom. The molecule has 0 aliphatic rings. The number of benzene rings is 2. The van der Waals surface area contributed by atoms with E-state index < -0.39 is 0 Å². The first kappa shape index (κ1) is 16.3. The summed E-state index contributed by atoms with van der Waals surface area (Å²) in [6.07, 6.45) is 0. The number of aromatic nitrogens is 2. The summed E-state index contributed by atoms with van der Waals surface area (Å²) in [5, 5.41) is 7.25. The highest BCUT2D eigenvalue weighted by Gasteiger charge is 2.05. The Labute approximate surface area is 146 Å². The number of nitrogens with one attached hydrogen (secondary N) is 2. The van der Waals surface area contributed by atoms with Crippen LogP contribution in [0.15, 0.2) is 54.6 Å². The number of para-hydroxylation sites is 1. The maximum absolute atomic E-state index is 6.19. The lowest BCUT2D eigenvalue weighted by Crippen LogP contribution is -2.06. The zero-order chi connectivity index (χ0) is 16.9. The van der Waals surface area contributed by atoms with E-state index in [0.717, 1.165) is 11.5 Å². The summed E-state index contributed by atoms with van der Waals surface area (Å²) in [5.41, 5.74) is 3.32. The van der Waals surface area contributed by atoms with E-state index in [-0.39, 0.29) is 0 Å². The summed E-state index contributed by atoms with van der Waals surface area (Å²) in [5.74, 6) is 2.18. The second-order valence-corrected chi connectivity index (χ2v) is 5.98. The Morgan fingerprint density at radius 3 is 2.42 bits per heavy atom. The highest BCUT2D eigenvalue weighted by Crippen LogP contribution is 2.25. The molecule has 0 fully saturated rings. The van der Waals surface area contributed by atoms with E-state index >= 15 is 0 Å². The van der Waals surface area contributed by atoms with Gasteiger partial charge in [0.25, 0.3) is 0 Å². The minimum absolute atomic E-state index is 0.656. The third-order valence-electron chi connectivity index (χ3n) is 3.70. The SMILES string of the molecule is Cc1nc(NCc2ccccc2C)cc(Nc2ccccc2Cl)n1. The molecule has 0 spiro atoms. The van der Waals surface area contributed by atoms with Gasteiger partial charge in [-0.05, 0) is 37.1 Å². The molecule has 24 heavy (non-hydrogen) atoms. The zero-order valence-corrected chi connectivity index (χ0v) is 14.4. The van der Waals surface area contributed by atoms with Gasteiger partial charge in [-0.1, -0.05) is 48.0 Å². The van der Waals surface area contributed by atoms with Crippen LogP contribution in [0.4, 0.5) is 17.3 Å². The van der Waals surface area contributed by atoms with E-state index in [1.54, 1.807) is 0 Å². The fourth-order valence-corrected chi connectivity index (χ4v) is 2.60. The second kappa shape index (κ2) is 7.32. The maximum atomic E-state index is 6.19. The number of hydrogen-bond acceptors (Lipinski definition) is 4. The van der Waals surface area contributed by atoms with Crippen LogP contribution in [0.3, 0.4) is 0 Å². The molecular weight excluding hydrogens is 320 g/mol. The molecule has 0 saturated carbocycles. The number of aryl methyl sites for hydroxylation is 2. The molecule has 1 aromatic heterocycles. The molecule has 2 aromatic carbocycles. The van der Waals surface area contributed by atoms with Gasteiger partial charge in [0.1, 0.15) is 17.5 Å². The highest BCUT2D eigenvalue weighted by atomic mass is 35.5. The van der Waals surface area contributed by atoms with E-state index in [1.165, 1.54) is 11.1 Å². The van der Waals surface area contributed by atoms with E-state index in [0.29, 0.717) is 23.2 Å². The minimum atomic E-state index is 0.656. The van der Waals surface area contributed by atoms with E-state index in [2.05, 4.69) is 39.7 Å². The average molecular weight is 339 g/mol. The molecule has 3 rings (SSSR count). The van der Waals surface area contributed by atoms with Crippen LogP contribution >= 0.6 is 11.6 Å². The molecule has 4 nitrogen and oxygen atoms in total. The van der Waals surface area contributed by atoms with Crippen molar-refractivity contribution in [1.29, 1.82) is 0 Å². The van der Waals surface area contributed by atoms with Crippen LogP contribution in [0, 0.1) is 13.8 Å². The van der Waals surface area contributed by atoms with Crippen LogP contribution < -0.4 is 10.6 Å². The topological polar surface area (TPSA) is 49.8 Å². The molecule has 5 heteroatoms. The third-order valence-corrected chi connectivity index (χ3v) is 4.03. The molecule has 0 saturated heterocycles. The Hall–Kier alpha value is -2.59. The van der Waals surface area contributed by atoms with Gasteiger partial charge < -0.3 is 10.6 Å². The standard InChI is InChI=1S/C19H19ClN4/c1-13-7-3-4-8-15(13)12-21-18-11-19(23-14(2)22-18)24-17-10-6-5-9-16(17)20/h3-11H,12H2,1-2H3,(H2,21,22,23,24). The van der Waals surface area contributed by atoms with Crippen LogP contribution in [-0.4, -0.2) is 9.97 Å². The maximum Gasteiger partial charge on any atom is 0.136 e. The van der Waals surface area contributed by atoms with Gasteiger partial charge in [-0.25, -0.2) is 9.97 Å². The molecule has 1 heterocycles. The van der Waals surface area contributed by atoms with Gasteiger partial charge in [0.2, 0.25) is 0 Å². The van der Waals surface area contributed by atoms with Gasteiger partial charge in [-0.3, -0.25) is 0 Å². The lowest BCUT2D eigenvalue weighted by atomic mass is 10.1. The normalized spacial score (nSPS) is 10.5. The van der Waals surface area contributed by atoms with Crippen LogP contribution in [-0.2, 0) is 6.54 Å². The summed E-state index contributed by atoms with van der Waals surface area (Å²) >= 11 is 6.19. The Kier molecular flexibility index (Phi) is 4.96. The van der Waals surface area contributed by atoms with Gasteiger partial charge in [-0.2, -0.15) is 0 Å². The predicted octanol–water partition coefficient (Wildman–Crippen LogP) is 5.10. The van der Waals surface area contributed by atoms with Crippen molar-refractivity contribution in [3.63, 3.8) is 0 Å². The number of nitrogens with zero attached hydrogens (tertiary/aromatic N) is 2. The lowest BCUT2D eigenvalue weighted by molar-refractivity contribution is 1.02. The molecular formula is C19H19ClN4. The summed E-state index contributed by atoms with van der Waals surface area (Å²) < 4.78 is 0. The summed E-state index contributed by atoms with van der Waals surface area (Å²) in [4.78, 5) is 8.87. The fourth-order valence-electron chi connectivity index (χ4n) is 2.42. The average Bonchev–Trinajstić information content (AvgIpc) is 2.56. The molecule has 0 bridgehead atoms. The summed E-state index contributed by atoms with van der Waals surface area (Å²) in [7, 11) is 0. The van der Waals surface area contributed by atoms with Crippen LogP contribution in [0.25, 0.3) is 0 Å². The van der Waals surface area contributed by atoms with Crippen molar-refractivity contribution >= 4 is 28.9 Å². The van der Waals surface area contributed by atoms with E-state index in [1.807, 2.05) is 49.4 Å². The minimum Gasteiger partial charge on any atom is -0.366 e. The van der Waals surface area contributed by atoms with Gasteiger partial charge in [0.15, 0.2) is 0 Å². The zero-order valence-electron chi connectivity index (χ0n) is 13.7. The molecule has 0 amide bonds. The number of halogens is 1. The Morgan fingerprint density at radius 2 is 1.62 bits per heavy atom. The van der Waals surface area contributed by atoms with Crippen molar-refractivity contribution in [2.45, 2.75) is 20.4 Å². The van der Waals surface area contributed by atoms with E-state index in [4.69, 9.17) is 11.6 Å². The molecule has 0 unspecified atom stereocenters. The van der Waals surface area contributed by atoms with Crippen LogP contribution in [0.1, 0.15) is 17.0 Å². The van der Waals surface area contributed by atoms with E-state index in [9.17, 15) is 0 Å². The van der Waals surface area contributed by atoms with Crippen molar-refractivity contribution < 1.29 is 0 Å². The fraction of sp³-hybridized carbons (Fsp3) is 0.158. The lowest BCUT2D eigenvalue weighted by Gasteiger charge is -2.12. The Balaban J connectivity index is 1.77. The van der Waals surface area contributed by atoms with Gasteiger partial charge in [0.05, 0.1) is 10.7 Å². The van der Waals surface area contributed by atoms with Crippen molar-refractivity contribution in [3.8, 4) is 0 Å². The van der Waals surface area contributed by atoms with Crippen molar-refractivity contribution in [2.24, 2.45) is 0 Å². The van der Waals surface area contributed by atoms with Gasteiger partial charge in [-0.15, -0.1) is 0 Å². The second-order valence-electron chi connectivity index (χ2n) is 5.57. The quantitative estimate of drug-likeness (QED) is 0.679. The predicted molar refractivity (Wildman–Crippen MR) is 100 cm³/mol. The molecule has 2 N–H and O–H groups in total. The molecule has 0 radical (unpaired) electrons. The van der Waals surface area contributed by atoms with Gasteiger partial charge in [0, 0.05) is 12.6 Å². The molecule has 122 valence electrons. The summed E-state index contributed by atoms with van der Waals surface area (Å²) in [6.45, 7) is 4.69. The van der Waals surface area contributed by atoms with Crippen LogP contribution in [0.2, 0.25) is 5.02 Å². The monoisotopic (exact) mass is 338 g/mol. The van der Waals surface area contributed by atoms with Crippen molar-refractivity contribution in [2.75, 3.05) is 10.6 Å². The largest absolute Gasteiger partial charge is 0.366 e. The highest BCUT2D eigenvalue weighted by molar-refractivity contribution is 6.33. The smallest absolute Gasteiger partial charge is 0.136 e. The third kappa shape index (κ3) is 4.03. The first-order valence-corrected chi connectivity index (χ1v) is 8.15. The number of rotatable bonds is 5.